The van der Waals surface area contributed by atoms with Gasteiger partial charge in [-0.25, -0.2) is 8.78 Å². The van der Waals surface area contributed by atoms with Crippen molar-refractivity contribution < 1.29 is 13.5 Å². The van der Waals surface area contributed by atoms with Gasteiger partial charge in [-0.2, -0.15) is 0 Å². The second-order valence-electron chi connectivity index (χ2n) is 4.80. The van der Waals surface area contributed by atoms with Gasteiger partial charge in [0.2, 0.25) is 0 Å². The number of halogens is 2. The summed E-state index contributed by atoms with van der Waals surface area (Å²) in [5, 5.41) is 3.20. The zero-order valence-corrected chi connectivity index (χ0v) is 12.2. The Labute approximate surface area is 123 Å². The normalized spacial score (nSPS) is 12.2. The monoisotopic (exact) mass is 291 g/mol. The molecule has 0 spiro atoms. The lowest BCUT2D eigenvalue weighted by Crippen LogP contribution is -2.25. The fourth-order valence-electron chi connectivity index (χ4n) is 2.25. The average molecular weight is 291 g/mol. The Morgan fingerprint density at radius 2 is 1.76 bits per heavy atom. The third-order valence-electron chi connectivity index (χ3n) is 3.33. The van der Waals surface area contributed by atoms with Crippen LogP contribution in [-0.2, 0) is 0 Å². The molecule has 2 rings (SSSR count). The highest BCUT2D eigenvalue weighted by atomic mass is 19.1. The summed E-state index contributed by atoms with van der Waals surface area (Å²) in [7, 11) is 1.48. The molecule has 1 unspecified atom stereocenters. The maximum Gasteiger partial charge on any atom is 0.132 e. The van der Waals surface area contributed by atoms with E-state index in [2.05, 4.69) is 5.32 Å². The van der Waals surface area contributed by atoms with Crippen molar-refractivity contribution >= 4 is 0 Å². The van der Waals surface area contributed by atoms with E-state index in [-0.39, 0.29) is 5.82 Å². The Hall–Kier alpha value is -1.94. The van der Waals surface area contributed by atoms with Gasteiger partial charge in [-0.1, -0.05) is 31.2 Å². The summed E-state index contributed by atoms with van der Waals surface area (Å²) in [4.78, 5) is 0. The van der Waals surface area contributed by atoms with Crippen LogP contribution in [0.5, 0.6) is 5.75 Å². The van der Waals surface area contributed by atoms with Gasteiger partial charge in [0.15, 0.2) is 0 Å². The van der Waals surface area contributed by atoms with Gasteiger partial charge in [-0.15, -0.1) is 0 Å². The van der Waals surface area contributed by atoms with Gasteiger partial charge in [0.1, 0.15) is 17.4 Å². The van der Waals surface area contributed by atoms with E-state index in [4.69, 9.17) is 4.74 Å². The standard InChI is InChI=1S/C17H19F2NO/c1-3-10-20-17(13-6-4-5-7-15(13)18)14-9-8-12(21-2)11-16(14)19/h4-9,11,17,20H,3,10H2,1-2H3. The quantitative estimate of drug-likeness (QED) is 0.866. The maximum absolute atomic E-state index is 14.3. The van der Waals surface area contributed by atoms with Crippen LogP contribution in [0.25, 0.3) is 0 Å². The Bertz CT molecular complexity index is 601. The number of hydrogen-bond donors (Lipinski definition) is 1. The summed E-state index contributed by atoms with van der Waals surface area (Å²) in [6.45, 7) is 2.68. The first-order valence-electron chi connectivity index (χ1n) is 6.98. The summed E-state index contributed by atoms with van der Waals surface area (Å²) in [6, 6.07) is 10.5. The summed E-state index contributed by atoms with van der Waals surface area (Å²) < 4.78 is 33.3. The molecule has 1 atom stereocenters. The van der Waals surface area contributed by atoms with E-state index in [1.54, 1.807) is 30.3 Å². The topological polar surface area (TPSA) is 21.3 Å². The second kappa shape index (κ2) is 7.18. The highest BCUT2D eigenvalue weighted by Gasteiger charge is 2.20. The molecule has 2 aromatic carbocycles. The third-order valence-corrected chi connectivity index (χ3v) is 3.33. The number of methoxy groups -OCH3 is 1. The van der Waals surface area contributed by atoms with Gasteiger partial charge in [-0.3, -0.25) is 0 Å². The Morgan fingerprint density at radius 3 is 2.38 bits per heavy atom. The van der Waals surface area contributed by atoms with Gasteiger partial charge in [0, 0.05) is 17.2 Å². The Morgan fingerprint density at radius 1 is 1.05 bits per heavy atom. The molecular formula is C17H19F2NO. The summed E-state index contributed by atoms with van der Waals surface area (Å²) in [6.07, 6.45) is 0.878. The number of rotatable bonds is 6. The van der Waals surface area contributed by atoms with Crippen molar-refractivity contribution in [3.05, 3.63) is 65.2 Å². The lowest BCUT2D eigenvalue weighted by Gasteiger charge is -2.21. The van der Waals surface area contributed by atoms with Gasteiger partial charge < -0.3 is 10.1 Å². The first kappa shape index (κ1) is 15.4. The van der Waals surface area contributed by atoms with Crippen LogP contribution in [0.4, 0.5) is 8.78 Å². The largest absolute Gasteiger partial charge is 0.497 e. The van der Waals surface area contributed by atoms with E-state index in [1.165, 1.54) is 19.2 Å². The first-order chi connectivity index (χ1) is 10.2. The van der Waals surface area contributed by atoms with Crippen molar-refractivity contribution in [3.8, 4) is 5.75 Å². The molecule has 0 radical (unpaired) electrons. The molecule has 0 aliphatic heterocycles. The van der Waals surface area contributed by atoms with Gasteiger partial charge in [0.05, 0.1) is 13.2 Å². The molecule has 0 saturated carbocycles. The van der Waals surface area contributed by atoms with Crippen molar-refractivity contribution in [2.45, 2.75) is 19.4 Å². The second-order valence-corrected chi connectivity index (χ2v) is 4.80. The minimum atomic E-state index is -0.517. The van der Waals surface area contributed by atoms with Gasteiger partial charge >= 0.3 is 0 Å². The van der Waals surface area contributed by atoms with Crippen LogP contribution in [-0.4, -0.2) is 13.7 Å². The molecule has 0 saturated heterocycles. The summed E-state index contributed by atoms with van der Waals surface area (Å²) in [5.74, 6) is -0.313. The smallest absolute Gasteiger partial charge is 0.132 e. The molecule has 1 N–H and O–H groups in total. The predicted molar refractivity (Wildman–Crippen MR) is 79.5 cm³/mol. The predicted octanol–water partition coefficient (Wildman–Crippen LogP) is 4.06. The summed E-state index contributed by atoms with van der Waals surface area (Å²) in [5.41, 5.74) is 0.851. The lowest BCUT2D eigenvalue weighted by atomic mass is 9.97. The number of ether oxygens (including phenoxy) is 1. The Kier molecular flexibility index (Phi) is 5.28. The maximum atomic E-state index is 14.3. The van der Waals surface area contributed by atoms with Crippen LogP contribution >= 0.6 is 0 Å². The van der Waals surface area contributed by atoms with Crippen LogP contribution in [0.15, 0.2) is 42.5 Å². The van der Waals surface area contributed by atoms with Crippen molar-refractivity contribution in [3.63, 3.8) is 0 Å². The zero-order valence-electron chi connectivity index (χ0n) is 12.2. The molecule has 0 amide bonds. The molecule has 21 heavy (non-hydrogen) atoms. The molecule has 0 heterocycles. The number of nitrogens with one attached hydrogen (secondary N) is 1. The first-order valence-corrected chi connectivity index (χ1v) is 6.98. The van der Waals surface area contributed by atoms with Crippen molar-refractivity contribution in [2.24, 2.45) is 0 Å². The minimum Gasteiger partial charge on any atom is -0.497 e. The van der Waals surface area contributed by atoms with E-state index in [0.717, 1.165) is 6.42 Å². The molecule has 112 valence electrons. The molecule has 4 heteroatoms. The molecule has 2 nitrogen and oxygen atoms in total. The van der Waals surface area contributed by atoms with Crippen LogP contribution in [0.1, 0.15) is 30.5 Å². The van der Waals surface area contributed by atoms with Crippen molar-refractivity contribution in [1.82, 2.24) is 5.32 Å². The van der Waals surface area contributed by atoms with Crippen LogP contribution < -0.4 is 10.1 Å². The summed E-state index contributed by atoms with van der Waals surface area (Å²) >= 11 is 0. The molecule has 0 aromatic heterocycles. The fourth-order valence-corrected chi connectivity index (χ4v) is 2.25. The van der Waals surface area contributed by atoms with E-state index < -0.39 is 11.9 Å². The van der Waals surface area contributed by atoms with Crippen LogP contribution in [0, 0.1) is 11.6 Å². The zero-order chi connectivity index (χ0) is 15.2. The average Bonchev–Trinajstić information content (AvgIpc) is 2.50. The Balaban J connectivity index is 2.43. The molecule has 0 fully saturated rings. The van der Waals surface area contributed by atoms with Crippen LogP contribution in [0.2, 0.25) is 0 Å². The lowest BCUT2D eigenvalue weighted by molar-refractivity contribution is 0.409. The fraction of sp³-hybridized carbons (Fsp3) is 0.294. The highest BCUT2D eigenvalue weighted by Crippen LogP contribution is 2.28. The molecule has 0 bridgehead atoms. The van der Waals surface area contributed by atoms with Gasteiger partial charge in [-0.05, 0) is 25.1 Å². The SMILES string of the molecule is CCCNC(c1ccccc1F)c1ccc(OC)cc1F. The van der Waals surface area contributed by atoms with E-state index in [9.17, 15) is 8.78 Å². The van der Waals surface area contributed by atoms with E-state index in [1.807, 2.05) is 6.92 Å². The van der Waals surface area contributed by atoms with E-state index >= 15 is 0 Å². The molecular weight excluding hydrogens is 272 g/mol. The number of hydrogen-bond acceptors (Lipinski definition) is 2. The van der Waals surface area contributed by atoms with Gasteiger partial charge in [0.25, 0.3) is 0 Å². The minimum absolute atomic E-state index is 0.346. The van der Waals surface area contributed by atoms with E-state index in [0.29, 0.717) is 23.4 Å². The molecule has 0 aliphatic rings. The molecule has 2 aromatic rings. The highest BCUT2D eigenvalue weighted by molar-refractivity contribution is 5.37. The number of benzene rings is 2. The van der Waals surface area contributed by atoms with Crippen LogP contribution in [0.3, 0.4) is 0 Å². The third kappa shape index (κ3) is 3.58. The molecule has 0 aliphatic carbocycles. The van der Waals surface area contributed by atoms with Crippen molar-refractivity contribution in [1.29, 1.82) is 0 Å². The van der Waals surface area contributed by atoms with Crippen molar-refractivity contribution in [2.75, 3.05) is 13.7 Å².